The molecule has 1 saturated heterocycles. The Morgan fingerprint density at radius 1 is 0.975 bits per heavy atom. The molecular weight excluding hydrogens is 534 g/mol. The van der Waals surface area contributed by atoms with E-state index < -0.39 is 40.1 Å². The van der Waals surface area contributed by atoms with Gasteiger partial charge >= 0.3 is 12.1 Å². The highest BCUT2D eigenvalue weighted by atomic mass is 32.2. The first kappa shape index (κ1) is 29.0. The second kappa shape index (κ2) is 12.5. The number of rotatable bonds is 9. The van der Waals surface area contributed by atoms with Crippen molar-refractivity contribution < 1.29 is 32.6 Å². The minimum absolute atomic E-state index is 0.0160. The molecule has 3 aromatic rings. The molecule has 212 valence electrons. The number of carbonyl (C=O) groups is 3. The molecule has 0 saturated carbocycles. The van der Waals surface area contributed by atoms with Crippen LogP contribution < -0.4 is 5.32 Å². The number of fused-ring (bicyclic) bond motifs is 1. The lowest BCUT2D eigenvalue weighted by atomic mass is 10.0. The number of hydrogen-bond acceptors (Lipinski definition) is 6. The topological polar surface area (TPSA) is 133 Å². The largest absolute Gasteiger partial charge is 0.480 e. The van der Waals surface area contributed by atoms with Crippen LogP contribution in [0, 0.1) is 5.92 Å². The molecule has 0 aliphatic carbocycles. The molecular formula is C29H33N3O7S. The summed E-state index contributed by atoms with van der Waals surface area (Å²) >= 11 is 0. The van der Waals surface area contributed by atoms with E-state index in [0.29, 0.717) is 11.8 Å². The molecule has 11 heteroatoms. The summed E-state index contributed by atoms with van der Waals surface area (Å²) in [5.41, 5.74) is 0.789. The molecule has 0 aromatic heterocycles. The van der Waals surface area contributed by atoms with Crippen molar-refractivity contribution in [3.8, 4) is 0 Å². The number of aliphatic carboxylic acids is 1. The second-order valence-electron chi connectivity index (χ2n) is 10.2. The number of benzene rings is 3. The zero-order valence-electron chi connectivity index (χ0n) is 22.4. The van der Waals surface area contributed by atoms with Crippen molar-refractivity contribution in [2.75, 3.05) is 19.6 Å². The molecule has 2 amide bonds. The third-order valence-electron chi connectivity index (χ3n) is 6.77. The quantitative estimate of drug-likeness (QED) is 0.405. The zero-order chi connectivity index (χ0) is 28.9. The summed E-state index contributed by atoms with van der Waals surface area (Å²) in [7, 11) is -4.16. The molecule has 2 atom stereocenters. The first-order valence-corrected chi connectivity index (χ1v) is 14.5. The fourth-order valence-electron chi connectivity index (χ4n) is 4.74. The number of carboxylic acids is 1. The van der Waals surface area contributed by atoms with Gasteiger partial charge in [0.25, 0.3) is 0 Å². The Hall–Kier alpha value is -3.96. The molecule has 1 aliphatic heterocycles. The summed E-state index contributed by atoms with van der Waals surface area (Å²) in [6.07, 6.45) is -0.470. The predicted octanol–water partition coefficient (Wildman–Crippen LogP) is 3.47. The summed E-state index contributed by atoms with van der Waals surface area (Å²) in [6.45, 7) is 3.24. The lowest BCUT2D eigenvalue weighted by molar-refractivity contribution is -0.146. The van der Waals surface area contributed by atoms with E-state index in [1.54, 1.807) is 18.2 Å². The third kappa shape index (κ3) is 6.78. The van der Waals surface area contributed by atoms with Crippen LogP contribution >= 0.6 is 0 Å². The van der Waals surface area contributed by atoms with Crippen LogP contribution in [-0.4, -0.2) is 72.4 Å². The van der Waals surface area contributed by atoms with Gasteiger partial charge in [0.1, 0.15) is 18.7 Å². The van der Waals surface area contributed by atoms with Crippen LogP contribution in [0.4, 0.5) is 4.79 Å². The second-order valence-corrected chi connectivity index (χ2v) is 12.0. The van der Waals surface area contributed by atoms with Gasteiger partial charge in [-0.25, -0.2) is 13.2 Å². The molecule has 0 radical (unpaired) electrons. The van der Waals surface area contributed by atoms with E-state index in [9.17, 15) is 27.9 Å². The van der Waals surface area contributed by atoms with Gasteiger partial charge in [-0.1, -0.05) is 74.5 Å². The summed E-state index contributed by atoms with van der Waals surface area (Å²) in [5.74, 6) is -1.81. The standard InChI is InChI=1S/C29H33N3O7S/c1-20(2)16-25(30-29(36)39-19-21-8-4-3-5-9-21)27(33)31-14-15-32(26(18-31)28(34)35)40(37,38)24-13-12-22-10-6-7-11-23(22)17-24/h3-13,17,20,25-26H,14-16,18-19H2,1-2H3,(H,30,36)(H,34,35). The van der Waals surface area contributed by atoms with E-state index >= 15 is 0 Å². The Balaban J connectivity index is 1.48. The summed E-state index contributed by atoms with van der Waals surface area (Å²) in [4.78, 5) is 39.5. The molecule has 40 heavy (non-hydrogen) atoms. The van der Waals surface area contributed by atoms with Gasteiger partial charge in [0.05, 0.1) is 4.90 Å². The highest BCUT2D eigenvalue weighted by molar-refractivity contribution is 7.89. The van der Waals surface area contributed by atoms with Crippen LogP contribution in [0.5, 0.6) is 0 Å². The number of amides is 2. The molecule has 2 N–H and O–H groups in total. The van der Waals surface area contributed by atoms with Crippen molar-refractivity contribution in [2.24, 2.45) is 5.92 Å². The normalized spacial score (nSPS) is 17.0. The number of ether oxygens (including phenoxy) is 1. The van der Waals surface area contributed by atoms with Crippen molar-refractivity contribution in [1.29, 1.82) is 0 Å². The maximum Gasteiger partial charge on any atom is 0.408 e. The first-order chi connectivity index (χ1) is 19.1. The monoisotopic (exact) mass is 567 g/mol. The summed E-state index contributed by atoms with van der Waals surface area (Å²) in [6, 6.07) is 18.6. The Kier molecular flexibility index (Phi) is 9.06. The van der Waals surface area contributed by atoms with Gasteiger partial charge in [-0.15, -0.1) is 0 Å². The van der Waals surface area contributed by atoms with Crippen molar-refractivity contribution in [3.63, 3.8) is 0 Å². The summed E-state index contributed by atoms with van der Waals surface area (Å²) in [5, 5.41) is 14.1. The van der Waals surface area contributed by atoms with E-state index in [-0.39, 0.29) is 37.1 Å². The smallest absolute Gasteiger partial charge is 0.408 e. The molecule has 1 heterocycles. The zero-order valence-corrected chi connectivity index (χ0v) is 23.2. The Morgan fingerprint density at radius 2 is 1.65 bits per heavy atom. The molecule has 0 spiro atoms. The molecule has 4 rings (SSSR count). The average molecular weight is 568 g/mol. The summed E-state index contributed by atoms with van der Waals surface area (Å²) < 4.78 is 33.3. The van der Waals surface area contributed by atoms with Gasteiger partial charge in [-0.3, -0.25) is 9.59 Å². The Labute approximate surface area is 233 Å². The fourth-order valence-corrected chi connectivity index (χ4v) is 6.34. The van der Waals surface area contributed by atoms with Crippen molar-refractivity contribution in [1.82, 2.24) is 14.5 Å². The fraction of sp³-hybridized carbons (Fsp3) is 0.345. The van der Waals surface area contributed by atoms with Gasteiger partial charge in [0.2, 0.25) is 15.9 Å². The minimum Gasteiger partial charge on any atom is -0.480 e. The van der Waals surface area contributed by atoms with Gasteiger partial charge in [-0.2, -0.15) is 4.31 Å². The van der Waals surface area contributed by atoms with Crippen molar-refractivity contribution >= 4 is 38.8 Å². The Morgan fingerprint density at radius 3 is 2.33 bits per heavy atom. The lowest BCUT2D eigenvalue weighted by Gasteiger charge is -2.39. The maximum atomic E-state index is 13.5. The number of nitrogens with zero attached hydrogens (tertiary/aromatic N) is 2. The maximum absolute atomic E-state index is 13.5. The number of alkyl carbamates (subject to hydrolysis) is 1. The predicted molar refractivity (Wildman–Crippen MR) is 149 cm³/mol. The Bertz CT molecular complexity index is 1480. The molecule has 3 aromatic carbocycles. The van der Waals surface area contributed by atoms with E-state index in [1.165, 1.54) is 17.0 Å². The van der Waals surface area contributed by atoms with Crippen LogP contribution in [-0.2, 0) is 31.0 Å². The number of carboxylic acid groups (broad SMARTS) is 1. The van der Waals surface area contributed by atoms with E-state index in [4.69, 9.17) is 4.74 Å². The van der Waals surface area contributed by atoms with Gasteiger partial charge < -0.3 is 20.1 Å². The SMILES string of the molecule is CC(C)CC(NC(=O)OCc1ccccc1)C(=O)N1CCN(S(=O)(=O)c2ccc3ccccc3c2)C(C(=O)O)C1. The molecule has 10 nitrogen and oxygen atoms in total. The third-order valence-corrected chi connectivity index (χ3v) is 8.67. The van der Waals surface area contributed by atoms with Crippen LogP contribution in [0.15, 0.2) is 77.7 Å². The highest BCUT2D eigenvalue weighted by Gasteiger charge is 2.42. The van der Waals surface area contributed by atoms with Crippen LogP contribution in [0.3, 0.4) is 0 Å². The molecule has 1 fully saturated rings. The number of sulfonamides is 1. The number of carbonyl (C=O) groups excluding carboxylic acids is 2. The van der Waals surface area contributed by atoms with Gasteiger partial charge in [-0.05, 0) is 40.8 Å². The van der Waals surface area contributed by atoms with Crippen LogP contribution in [0.25, 0.3) is 10.8 Å². The minimum atomic E-state index is -4.16. The van der Waals surface area contributed by atoms with Crippen molar-refractivity contribution in [2.45, 2.75) is 43.9 Å². The van der Waals surface area contributed by atoms with E-state index in [0.717, 1.165) is 15.3 Å². The number of hydrogen-bond donors (Lipinski definition) is 2. The van der Waals surface area contributed by atoms with E-state index in [2.05, 4.69) is 5.32 Å². The molecule has 1 aliphatic rings. The van der Waals surface area contributed by atoms with Gasteiger partial charge in [0, 0.05) is 19.6 Å². The lowest BCUT2D eigenvalue weighted by Crippen LogP contribution is -2.61. The van der Waals surface area contributed by atoms with Crippen molar-refractivity contribution in [3.05, 3.63) is 78.4 Å². The van der Waals surface area contributed by atoms with Gasteiger partial charge in [0.15, 0.2) is 0 Å². The molecule has 0 bridgehead atoms. The van der Waals surface area contributed by atoms with Crippen LogP contribution in [0.2, 0.25) is 0 Å². The number of piperazine rings is 1. The van der Waals surface area contributed by atoms with Crippen LogP contribution in [0.1, 0.15) is 25.8 Å². The first-order valence-electron chi connectivity index (χ1n) is 13.1. The van der Waals surface area contributed by atoms with E-state index in [1.807, 2.05) is 56.3 Å². The highest BCUT2D eigenvalue weighted by Crippen LogP contribution is 2.26. The average Bonchev–Trinajstić information content (AvgIpc) is 2.95. The molecule has 2 unspecified atom stereocenters. The number of nitrogens with one attached hydrogen (secondary N) is 1.